The molecule has 116 heavy (non-hydrogen) atoms. The van der Waals surface area contributed by atoms with Crippen molar-refractivity contribution in [3.8, 4) is 5.75 Å². The van der Waals surface area contributed by atoms with Crippen molar-refractivity contribution >= 4 is 83.3 Å². The Kier molecular flexibility index (Phi) is 40.3. The Hall–Kier alpha value is -10.4. The highest BCUT2D eigenvalue weighted by molar-refractivity contribution is 7.99. The van der Waals surface area contributed by atoms with Crippen LogP contribution in [0, 0.1) is 109 Å². The topological polar surface area (TPSA) is 104 Å². The highest BCUT2D eigenvalue weighted by Crippen LogP contribution is 2.32. The van der Waals surface area contributed by atoms with Crippen LogP contribution in [0.25, 0.3) is 49.2 Å². The van der Waals surface area contributed by atoms with E-state index in [-0.39, 0.29) is 11.6 Å². The molecule has 16 rings (SSSR count). The van der Waals surface area contributed by atoms with E-state index in [0.717, 1.165) is 57.4 Å². The van der Waals surface area contributed by atoms with E-state index in [1.165, 1.54) is 134 Å². The number of ether oxygens (including phenoxy) is 1. The van der Waals surface area contributed by atoms with Gasteiger partial charge >= 0.3 is 0 Å². The minimum absolute atomic E-state index is 0.132. The van der Waals surface area contributed by atoms with E-state index in [0.29, 0.717) is 29.2 Å². The standard InChI is InChI=1S/C13H16.C11H13N.C10H12N2.C10H11N.C9H11FO.C9H10N2.C9H12OS.C9H12S.C9H12.C7H7Cl.C7H7F/c1-3-4-11-7-8-12-6-5-10(2)9-13(11)12;1-3-9-7-12-11-5-4-8(2)6-10(9)11;1-7-4-5-10-9(6-7)8(2)11-12(10)3;1-7-3-4-10-9(5-7)8(2)6-11-10;1-3-11-8-6-4-5-7(2)9(8)10;1-6-3-4-9-8(5-6)7(2)10-11-9;1-3-11(10)9-6-4-5-8(2)7-9;1-3-10-9-6-4-5-8(2)7-9;1-3-9-6-4-5-8(2)7-9;2*1-6-4-2-3-5-7(6)8/h5-7,9H,3-4,8H2,1-2H3;4-7,12H,3H2,1-2H3;4-6H,1-3H3;3-6,11H,1-2H3;4-6H,3H2,1-2H3;3-5H,1-2H3,(H,10,11);4-7H,3H2,1-2H3;4-7H,3H2,1-2H3;4-7H,3H2,1-2H3;2*2-5H,1H3. The fourth-order valence-corrected chi connectivity index (χ4v) is 14.3. The lowest BCUT2D eigenvalue weighted by molar-refractivity contribution is 0.320. The summed E-state index contributed by atoms with van der Waals surface area (Å²) in [5.74, 6) is 1.81. The maximum absolute atomic E-state index is 13.1. The third kappa shape index (κ3) is 31.0. The van der Waals surface area contributed by atoms with Crippen LogP contribution in [-0.4, -0.2) is 52.3 Å². The predicted molar refractivity (Wildman–Crippen MR) is 500 cm³/mol. The summed E-state index contributed by atoms with van der Waals surface area (Å²) >= 11 is 7.60. The molecule has 4 heterocycles. The Morgan fingerprint density at radius 1 is 0.509 bits per heavy atom. The molecule has 1 atom stereocenters. The summed E-state index contributed by atoms with van der Waals surface area (Å²) in [6.07, 6.45) is 12.4. The molecule has 0 aliphatic heterocycles. The lowest BCUT2D eigenvalue weighted by Gasteiger charge is -2.05. The molecule has 11 aromatic carbocycles. The van der Waals surface area contributed by atoms with Crippen molar-refractivity contribution in [1.29, 1.82) is 0 Å². The Morgan fingerprint density at radius 2 is 1.06 bits per heavy atom. The fraction of sp³-hybridized carbons (Fsp3) is 0.282. The van der Waals surface area contributed by atoms with Gasteiger partial charge in [-0.1, -0.05) is 237 Å². The maximum atomic E-state index is 13.1. The van der Waals surface area contributed by atoms with Crippen LogP contribution in [0.1, 0.15) is 155 Å². The van der Waals surface area contributed by atoms with Gasteiger partial charge in [0.05, 0.1) is 34.1 Å². The van der Waals surface area contributed by atoms with Gasteiger partial charge in [0.2, 0.25) is 0 Å². The van der Waals surface area contributed by atoms with E-state index in [9.17, 15) is 13.0 Å². The van der Waals surface area contributed by atoms with Crippen LogP contribution in [0.4, 0.5) is 8.78 Å². The molecular formula is C103H123ClF2N6O2S2. The molecule has 1 aliphatic rings. The summed E-state index contributed by atoms with van der Waals surface area (Å²) < 4.78 is 43.6. The number of rotatable bonds is 10. The second-order valence-corrected chi connectivity index (χ2v) is 32.5. The maximum Gasteiger partial charge on any atom is 0.167 e. The molecule has 0 saturated carbocycles. The number of aromatic amines is 3. The van der Waals surface area contributed by atoms with Gasteiger partial charge in [0.25, 0.3) is 0 Å². The van der Waals surface area contributed by atoms with Gasteiger partial charge in [0.15, 0.2) is 11.6 Å². The van der Waals surface area contributed by atoms with Crippen molar-refractivity contribution in [2.45, 2.75) is 180 Å². The van der Waals surface area contributed by atoms with Gasteiger partial charge in [-0.3, -0.25) is 14.0 Å². The number of hydrogen-bond acceptors (Lipinski definition) is 5. The number of allylic oxidation sites excluding steroid dienone is 2. The smallest absolute Gasteiger partial charge is 0.167 e. The Morgan fingerprint density at radius 3 is 1.64 bits per heavy atom. The number of H-pyrrole nitrogens is 3. The van der Waals surface area contributed by atoms with Gasteiger partial charge in [-0.25, -0.2) is 8.78 Å². The zero-order valence-corrected chi connectivity index (χ0v) is 74.8. The highest BCUT2D eigenvalue weighted by atomic mass is 35.5. The van der Waals surface area contributed by atoms with Crippen molar-refractivity contribution in [1.82, 2.24) is 29.9 Å². The number of nitrogens with zero attached hydrogens (tertiary/aromatic N) is 3. The average Bonchev–Trinajstić information content (AvgIpc) is 1.67. The number of nitrogens with one attached hydrogen (secondary N) is 3. The lowest BCUT2D eigenvalue weighted by Crippen LogP contribution is -1.95. The van der Waals surface area contributed by atoms with E-state index in [1.807, 2.05) is 132 Å². The first-order valence-corrected chi connectivity index (χ1v) is 43.0. The van der Waals surface area contributed by atoms with E-state index in [2.05, 4.69) is 254 Å². The summed E-state index contributed by atoms with van der Waals surface area (Å²) in [5.41, 5.74) is 28.6. The molecule has 1 aliphatic carbocycles. The normalized spacial score (nSPS) is 10.9. The van der Waals surface area contributed by atoms with Crippen molar-refractivity contribution in [2.75, 3.05) is 18.1 Å². The molecular weight excluding hydrogens is 1490 g/mol. The zero-order chi connectivity index (χ0) is 84.8. The Bertz CT molecular complexity index is 5410. The number of fused-ring (bicyclic) bond motifs is 5. The molecule has 13 heteroatoms. The first kappa shape index (κ1) is 94.5. The third-order valence-corrected chi connectivity index (χ3v) is 21.7. The first-order valence-electron chi connectivity index (χ1n) is 40.3. The van der Waals surface area contributed by atoms with Crippen LogP contribution in [0.15, 0.2) is 259 Å². The number of hydrogen-bond donors (Lipinski definition) is 3. The van der Waals surface area contributed by atoms with Crippen molar-refractivity contribution in [3.05, 3.63) is 366 Å². The summed E-state index contributed by atoms with van der Waals surface area (Å²) in [6.45, 7) is 41.6. The molecule has 0 fully saturated rings. The van der Waals surface area contributed by atoms with E-state index >= 15 is 0 Å². The quantitative estimate of drug-likeness (QED) is 0.118. The molecule has 1 unspecified atom stereocenters. The molecule has 0 amide bonds. The minimum atomic E-state index is -0.801. The van der Waals surface area contributed by atoms with Crippen molar-refractivity contribution < 1.29 is 17.7 Å². The van der Waals surface area contributed by atoms with Crippen LogP contribution in [0.2, 0.25) is 5.02 Å². The van der Waals surface area contributed by atoms with Gasteiger partial charge in [0.1, 0.15) is 5.82 Å². The van der Waals surface area contributed by atoms with Crippen molar-refractivity contribution in [3.63, 3.8) is 0 Å². The molecule has 3 N–H and O–H groups in total. The largest absolute Gasteiger partial charge is 0.491 e. The van der Waals surface area contributed by atoms with Crippen molar-refractivity contribution in [2.24, 2.45) is 7.05 Å². The molecule has 0 bridgehead atoms. The molecule has 610 valence electrons. The molecule has 8 nitrogen and oxygen atoms in total. The molecule has 0 radical (unpaired) electrons. The number of aromatic nitrogens is 6. The number of benzene rings is 11. The monoisotopic (exact) mass is 1610 g/mol. The predicted octanol–water partition coefficient (Wildman–Crippen LogP) is 29.0. The van der Waals surface area contributed by atoms with E-state index in [1.54, 1.807) is 49.8 Å². The van der Waals surface area contributed by atoms with Crippen LogP contribution in [0.5, 0.6) is 5.75 Å². The second-order valence-electron chi connectivity index (χ2n) is 29.0. The second kappa shape index (κ2) is 49.5. The van der Waals surface area contributed by atoms with Gasteiger partial charge in [0, 0.05) is 78.3 Å². The summed E-state index contributed by atoms with van der Waals surface area (Å²) in [6, 6.07) is 77.1. The van der Waals surface area contributed by atoms with E-state index < -0.39 is 10.8 Å². The van der Waals surface area contributed by atoms with Gasteiger partial charge in [-0.2, -0.15) is 10.2 Å². The van der Waals surface area contributed by atoms with Crippen LogP contribution in [-0.2, 0) is 37.1 Å². The summed E-state index contributed by atoms with van der Waals surface area (Å²) in [7, 11) is 1.18. The van der Waals surface area contributed by atoms with E-state index in [4.69, 9.17) is 16.3 Å². The Labute approximate surface area is 703 Å². The molecule has 15 aromatic rings. The SMILES string of the molecule is CCCC1=CCc2ccc(C)cc21.CCOc1cccc(C)c1F.CCS(=O)c1cccc(C)c1.CCSc1cccc(C)c1.CCc1c[nH]c2ccc(C)cc12.CCc1cccc(C)c1.Cc1ccc2[nH]cc(C)c2c1.Cc1ccc2c(c1)c(C)nn2C.Cc1ccc2n[nH]c(C)c2c1.Cc1ccccc1Cl.Cc1ccccc1F. The van der Waals surface area contributed by atoms with Gasteiger partial charge < -0.3 is 14.7 Å². The zero-order valence-electron chi connectivity index (χ0n) is 72.4. The first-order chi connectivity index (χ1) is 55.6. The minimum Gasteiger partial charge on any atom is -0.491 e. The number of halogens is 3. The lowest BCUT2D eigenvalue weighted by atomic mass is 10.0. The van der Waals surface area contributed by atoms with Crippen LogP contribution in [0.3, 0.4) is 0 Å². The Balaban J connectivity index is 0.000000199. The molecule has 4 aromatic heterocycles. The third-order valence-electron chi connectivity index (χ3n) is 19.1. The van der Waals surface area contributed by atoms with Crippen LogP contribution >= 0.6 is 23.4 Å². The number of aryl methyl sites for hydroxylation is 17. The molecule has 0 saturated heterocycles. The summed E-state index contributed by atoms with van der Waals surface area (Å²) in [4.78, 5) is 8.80. The fourth-order valence-electron chi connectivity index (χ4n) is 12.5. The molecule has 0 spiro atoms. The average molecular weight is 1610 g/mol. The summed E-state index contributed by atoms with van der Waals surface area (Å²) in [5, 5.41) is 17.5. The van der Waals surface area contributed by atoms with Crippen LogP contribution < -0.4 is 4.74 Å². The van der Waals surface area contributed by atoms with Gasteiger partial charge in [-0.05, 0) is 282 Å². The highest BCUT2D eigenvalue weighted by Gasteiger charge is 2.13. The van der Waals surface area contributed by atoms with Gasteiger partial charge in [-0.15, -0.1) is 11.8 Å². The number of thioether (sulfide) groups is 1.